The van der Waals surface area contributed by atoms with E-state index in [1.54, 1.807) is 7.11 Å². The molecule has 0 amide bonds. The van der Waals surface area contributed by atoms with Crippen molar-refractivity contribution in [2.24, 2.45) is 0 Å². The average molecular weight is 242 g/mol. The van der Waals surface area contributed by atoms with Gasteiger partial charge in [0.15, 0.2) is 0 Å². The summed E-state index contributed by atoms with van der Waals surface area (Å²) in [6.45, 7) is 6.65. The SMILES string of the molecule is CCNCc1cn(CCOCCCOC)nn1. The Bertz CT molecular complexity index is 291. The first-order valence-electron chi connectivity index (χ1n) is 6.03. The lowest BCUT2D eigenvalue weighted by Gasteiger charge is -2.03. The van der Waals surface area contributed by atoms with E-state index < -0.39 is 0 Å². The number of hydrogen-bond donors (Lipinski definition) is 1. The second-order valence-corrected chi connectivity index (χ2v) is 3.71. The molecule has 0 spiro atoms. The predicted octanol–water partition coefficient (Wildman–Crippen LogP) is 0.441. The predicted molar refractivity (Wildman–Crippen MR) is 64.7 cm³/mol. The van der Waals surface area contributed by atoms with Crippen LogP contribution < -0.4 is 5.32 Å². The van der Waals surface area contributed by atoms with Crippen LogP contribution in [0.5, 0.6) is 0 Å². The smallest absolute Gasteiger partial charge is 0.0964 e. The molecule has 0 unspecified atom stereocenters. The molecule has 0 bridgehead atoms. The molecule has 0 aliphatic heterocycles. The van der Waals surface area contributed by atoms with Crippen LogP contribution in [-0.2, 0) is 22.6 Å². The first-order chi connectivity index (χ1) is 8.36. The molecule has 1 heterocycles. The van der Waals surface area contributed by atoms with E-state index in [0.717, 1.165) is 45.0 Å². The molecular weight excluding hydrogens is 220 g/mol. The van der Waals surface area contributed by atoms with E-state index in [1.165, 1.54) is 0 Å². The highest BCUT2D eigenvalue weighted by molar-refractivity contribution is 4.91. The molecule has 1 N–H and O–H groups in total. The minimum absolute atomic E-state index is 0.660. The summed E-state index contributed by atoms with van der Waals surface area (Å²) in [6, 6.07) is 0. The Kier molecular flexibility index (Phi) is 7.53. The number of nitrogens with zero attached hydrogens (tertiary/aromatic N) is 3. The summed E-state index contributed by atoms with van der Waals surface area (Å²) in [6.07, 6.45) is 2.88. The molecule has 0 fully saturated rings. The van der Waals surface area contributed by atoms with E-state index in [0.29, 0.717) is 6.61 Å². The summed E-state index contributed by atoms with van der Waals surface area (Å²) in [5, 5.41) is 11.3. The summed E-state index contributed by atoms with van der Waals surface area (Å²) in [7, 11) is 1.70. The topological polar surface area (TPSA) is 61.2 Å². The molecule has 0 saturated heterocycles. The van der Waals surface area contributed by atoms with Gasteiger partial charge in [0.1, 0.15) is 0 Å². The number of aromatic nitrogens is 3. The molecule has 98 valence electrons. The van der Waals surface area contributed by atoms with Crippen LogP contribution in [0.1, 0.15) is 19.0 Å². The Labute approximate surface area is 102 Å². The number of methoxy groups -OCH3 is 1. The fourth-order valence-electron chi connectivity index (χ4n) is 1.35. The molecule has 6 nitrogen and oxygen atoms in total. The quantitative estimate of drug-likeness (QED) is 0.603. The van der Waals surface area contributed by atoms with Gasteiger partial charge in [0.2, 0.25) is 0 Å². The fourth-order valence-corrected chi connectivity index (χ4v) is 1.35. The van der Waals surface area contributed by atoms with E-state index in [1.807, 2.05) is 10.9 Å². The van der Waals surface area contributed by atoms with Gasteiger partial charge in [0.05, 0.1) is 18.8 Å². The van der Waals surface area contributed by atoms with E-state index in [4.69, 9.17) is 9.47 Å². The van der Waals surface area contributed by atoms with Crippen molar-refractivity contribution in [3.8, 4) is 0 Å². The Hall–Kier alpha value is -0.980. The second-order valence-electron chi connectivity index (χ2n) is 3.71. The number of nitrogens with one attached hydrogen (secondary N) is 1. The normalized spacial score (nSPS) is 10.9. The van der Waals surface area contributed by atoms with Gasteiger partial charge in [0, 0.05) is 33.1 Å². The fraction of sp³-hybridized carbons (Fsp3) is 0.818. The van der Waals surface area contributed by atoms with Crippen LogP contribution >= 0.6 is 0 Å². The van der Waals surface area contributed by atoms with Gasteiger partial charge < -0.3 is 14.8 Å². The van der Waals surface area contributed by atoms with Gasteiger partial charge in [-0.2, -0.15) is 0 Å². The first-order valence-corrected chi connectivity index (χ1v) is 6.03. The van der Waals surface area contributed by atoms with Crippen molar-refractivity contribution < 1.29 is 9.47 Å². The van der Waals surface area contributed by atoms with Crippen molar-refractivity contribution in [3.63, 3.8) is 0 Å². The average Bonchev–Trinajstić information content (AvgIpc) is 2.79. The minimum atomic E-state index is 0.660. The zero-order valence-electron chi connectivity index (χ0n) is 10.7. The third-order valence-electron chi connectivity index (χ3n) is 2.24. The van der Waals surface area contributed by atoms with E-state index in [9.17, 15) is 0 Å². The van der Waals surface area contributed by atoms with E-state index in [2.05, 4.69) is 22.6 Å². The summed E-state index contributed by atoms with van der Waals surface area (Å²) < 4.78 is 12.2. The lowest BCUT2D eigenvalue weighted by atomic mass is 10.4. The van der Waals surface area contributed by atoms with Crippen LogP contribution in [0.2, 0.25) is 0 Å². The van der Waals surface area contributed by atoms with Crippen LogP contribution in [0.15, 0.2) is 6.20 Å². The van der Waals surface area contributed by atoms with Gasteiger partial charge in [-0.25, -0.2) is 4.68 Å². The molecule has 0 aromatic carbocycles. The highest BCUT2D eigenvalue weighted by atomic mass is 16.5. The maximum Gasteiger partial charge on any atom is 0.0964 e. The zero-order chi connectivity index (χ0) is 12.3. The van der Waals surface area contributed by atoms with Crippen molar-refractivity contribution >= 4 is 0 Å². The van der Waals surface area contributed by atoms with Crippen molar-refractivity contribution in [3.05, 3.63) is 11.9 Å². The number of rotatable bonds is 10. The van der Waals surface area contributed by atoms with E-state index >= 15 is 0 Å². The molecule has 1 rings (SSSR count). The Balaban J connectivity index is 2.08. The van der Waals surface area contributed by atoms with Crippen molar-refractivity contribution in [2.45, 2.75) is 26.4 Å². The standard InChI is InChI=1S/C11H22N4O2/c1-3-12-9-11-10-15(14-13-11)5-8-17-7-4-6-16-2/h10,12H,3-9H2,1-2H3. The third-order valence-corrected chi connectivity index (χ3v) is 2.24. The molecular formula is C11H22N4O2. The van der Waals surface area contributed by atoms with Gasteiger partial charge >= 0.3 is 0 Å². The lowest BCUT2D eigenvalue weighted by Crippen LogP contribution is -2.12. The summed E-state index contributed by atoms with van der Waals surface area (Å²) in [5.74, 6) is 0. The maximum absolute atomic E-state index is 5.45. The van der Waals surface area contributed by atoms with Crippen LogP contribution in [0.4, 0.5) is 0 Å². The van der Waals surface area contributed by atoms with Gasteiger partial charge in [-0.1, -0.05) is 12.1 Å². The Morgan fingerprint density at radius 3 is 3.00 bits per heavy atom. The highest BCUT2D eigenvalue weighted by Gasteiger charge is 1.99. The number of hydrogen-bond acceptors (Lipinski definition) is 5. The van der Waals surface area contributed by atoms with Gasteiger partial charge in [-0.05, 0) is 13.0 Å². The van der Waals surface area contributed by atoms with Crippen LogP contribution in [-0.4, -0.2) is 48.5 Å². The monoisotopic (exact) mass is 242 g/mol. The highest BCUT2D eigenvalue weighted by Crippen LogP contribution is 1.93. The molecule has 0 saturated carbocycles. The zero-order valence-corrected chi connectivity index (χ0v) is 10.7. The van der Waals surface area contributed by atoms with Crippen LogP contribution in [0, 0.1) is 0 Å². The molecule has 17 heavy (non-hydrogen) atoms. The second kappa shape index (κ2) is 9.09. The van der Waals surface area contributed by atoms with Gasteiger partial charge in [-0.3, -0.25) is 0 Å². The largest absolute Gasteiger partial charge is 0.385 e. The van der Waals surface area contributed by atoms with Crippen molar-refractivity contribution in [1.82, 2.24) is 20.3 Å². The summed E-state index contributed by atoms with van der Waals surface area (Å²) in [4.78, 5) is 0. The molecule has 0 radical (unpaired) electrons. The summed E-state index contributed by atoms with van der Waals surface area (Å²) in [5.41, 5.74) is 0.964. The third kappa shape index (κ3) is 6.35. The Morgan fingerprint density at radius 1 is 1.35 bits per heavy atom. The van der Waals surface area contributed by atoms with Crippen molar-refractivity contribution in [2.75, 3.05) is 33.5 Å². The van der Waals surface area contributed by atoms with Crippen molar-refractivity contribution in [1.29, 1.82) is 0 Å². The molecule has 1 aromatic rings. The maximum atomic E-state index is 5.45. The molecule has 0 aliphatic carbocycles. The summed E-state index contributed by atoms with van der Waals surface area (Å²) >= 11 is 0. The van der Waals surface area contributed by atoms with Gasteiger partial charge in [-0.15, -0.1) is 5.10 Å². The Morgan fingerprint density at radius 2 is 2.24 bits per heavy atom. The van der Waals surface area contributed by atoms with Crippen LogP contribution in [0.3, 0.4) is 0 Å². The number of ether oxygens (including phenoxy) is 2. The minimum Gasteiger partial charge on any atom is -0.385 e. The van der Waals surface area contributed by atoms with Crippen LogP contribution in [0.25, 0.3) is 0 Å². The molecule has 6 heteroatoms. The molecule has 0 aliphatic rings. The van der Waals surface area contributed by atoms with E-state index in [-0.39, 0.29) is 0 Å². The molecule has 0 atom stereocenters. The van der Waals surface area contributed by atoms with Gasteiger partial charge in [0.25, 0.3) is 0 Å². The first kappa shape index (κ1) is 14.1. The molecule has 1 aromatic heterocycles. The lowest BCUT2D eigenvalue weighted by molar-refractivity contribution is 0.0958.